The molecule has 1 aromatic heterocycles. The number of nitrogens with two attached hydrogens (primary N) is 1. The third kappa shape index (κ3) is 3.84. The van der Waals surface area contributed by atoms with Crippen molar-refractivity contribution >= 4 is 11.5 Å². The quantitative estimate of drug-likeness (QED) is 0.851. The van der Waals surface area contributed by atoms with Crippen LogP contribution in [0.2, 0.25) is 0 Å². The molecule has 1 unspecified atom stereocenters. The Hall–Kier alpha value is -2.30. The van der Waals surface area contributed by atoms with Crippen LogP contribution in [0.25, 0.3) is 0 Å². The van der Waals surface area contributed by atoms with Gasteiger partial charge < -0.3 is 15.8 Å². The van der Waals surface area contributed by atoms with E-state index in [0.717, 1.165) is 6.42 Å². The van der Waals surface area contributed by atoms with Gasteiger partial charge in [-0.1, -0.05) is 37.3 Å². The van der Waals surface area contributed by atoms with Crippen LogP contribution in [-0.2, 0) is 0 Å². The Balaban J connectivity index is 2.22. The standard InChI is InChI=1S/C16H22N4O/c1-4-13(12-8-6-5-7-9-12)20-15-14(17)16(19-10-18-15)21-11(2)3/h5-11,13H,4,17H2,1-3H3,(H,18,19,20). The fraction of sp³-hybridized carbons (Fsp3) is 0.375. The molecule has 1 atom stereocenters. The van der Waals surface area contributed by atoms with Crippen molar-refractivity contribution in [3.8, 4) is 5.88 Å². The van der Waals surface area contributed by atoms with Gasteiger partial charge in [-0.05, 0) is 25.8 Å². The highest BCUT2D eigenvalue weighted by Crippen LogP contribution is 2.29. The number of nitrogens with zero attached hydrogens (tertiary/aromatic N) is 2. The summed E-state index contributed by atoms with van der Waals surface area (Å²) in [6.07, 6.45) is 2.41. The topological polar surface area (TPSA) is 73.1 Å². The minimum Gasteiger partial charge on any atom is -0.473 e. The van der Waals surface area contributed by atoms with Gasteiger partial charge in [0.1, 0.15) is 12.0 Å². The SMILES string of the molecule is CCC(Nc1ncnc(OC(C)C)c1N)c1ccccc1. The maximum atomic E-state index is 6.10. The fourth-order valence-electron chi connectivity index (χ4n) is 2.08. The molecule has 21 heavy (non-hydrogen) atoms. The van der Waals surface area contributed by atoms with Gasteiger partial charge in [-0.3, -0.25) is 0 Å². The van der Waals surface area contributed by atoms with Gasteiger partial charge in [-0.2, -0.15) is 4.98 Å². The average molecular weight is 286 g/mol. The summed E-state index contributed by atoms with van der Waals surface area (Å²) in [6.45, 7) is 5.99. The molecule has 2 rings (SSSR count). The Labute approximate surface area is 125 Å². The lowest BCUT2D eigenvalue weighted by Gasteiger charge is -2.20. The Kier molecular flexibility index (Phi) is 4.98. The summed E-state index contributed by atoms with van der Waals surface area (Å²) in [5, 5.41) is 3.37. The molecule has 3 N–H and O–H groups in total. The van der Waals surface area contributed by atoms with E-state index in [1.807, 2.05) is 32.0 Å². The third-order valence-electron chi connectivity index (χ3n) is 3.12. The van der Waals surface area contributed by atoms with Gasteiger partial charge in [0.25, 0.3) is 0 Å². The van der Waals surface area contributed by atoms with Crippen LogP contribution >= 0.6 is 0 Å². The first-order chi connectivity index (χ1) is 10.1. The summed E-state index contributed by atoms with van der Waals surface area (Å²) in [7, 11) is 0. The molecule has 0 aliphatic heterocycles. The van der Waals surface area contributed by atoms with Gasteiger partial charge >= 0.3 is 0 Å². The van der Waals surface area contributed by atoms with Crippen molar-refractivity contribution in [2.75, 3.05) is 11.1 Å². The molecule has 0 saturated carbocycles. The molecule has 0 spiro atoms. The normalized spacial score (nSPS) is 12.2. The molecular weight excluding hydrogens is 264 g/mol. The maximum Gasteiger partial charge on any atom is 0.242 e. The number of benzene rings is 1. The lowest BCUT2D eigenvalue weighted by molar-refractivity contribution is 0.234. The smallest absolute Gasteiger partial charge is 0.242 e. The van der Waals surface area contributed by atoms with Crippen LogP contribution in [0.5, 0.6) is 5.88 Å². The fourth-order valence-corrected chi connectivity index (χ4v) is 2.08. The number of hydrogen-bond donors (Lipinski definition) is 2. The lowest BCUT2D eigenvalue weighted by Crippen LogP contribution is -2.15. The molecule has 1 aromatic carbocycles. The van der Waals surface area contributed by atoms with Crippen molar-refractivity contribution in [3.63, 3.8) is 0 Å². The van der Waals surface area contributed by atoms with E-state index in [-0.39, 0.29) is 12.1 Å². The number of anilines is 2. The van der Waals surface area contributed by atoms with E-state index >= 15 is 0 Å². The van der Waals surface area contributed by atoms with Crippen molar-refractivity contribution in [1.29, 1.82) is 0 Å². The molecule has 0 radical (unpaired) electrons. The van der Waals surface area contributed by atoms with Gasteiger partial charge in [-0.25, -0.2) is 4.98 Å². The molecule has 5 nitrogen and oxygen atoms in total. The van der Waals surface area contributed by atoms with Crippen LogP contribution in [-0.4, -0.2) is 16.1 Å². The zero-order chi connectivity index (χ0) is 15.2. The van der Waals surface area contributed by atoms with Crippen molar-refractivity contribution in [1.82, 2.24) is 9.97 Å². The van der Waals surface area contributed by atoms with E-state index in [2.05, 4.69) is 34.3 Å². The zero-order valence-electron chi connectivity index (χ0n) is 12.7. The van der Waals surface area contributed by atoms with Crippen molar-refractivity contribution in [2.45, 2.75) is 39.3 Å². The second-order valence-electron chi connectivity index (χ2n) is 5.12. The number of nitrogens with one attached hydrogen (secondary N) is 1. The largest absolute Gasteiger partial charge is 0.473 e. The molecule has 0 saturated heterocycles. The second kappa shape index (κ2) is 6.92. The summed E-state index contributed by atoms with van der Waals surface area (Å²) in [4.78, 5) is 8.32. The third-order valence-corrected chi connectivity index (χ3v) is 3.12. The minimum atomic E-state index is 0.0196. The number of ether oxygens (including phenoxy) is 1. The average Bonchev–Trinajstić information content (AvgIpc) is 2.48. The summed E-state index contributed by atoms with van der Waals surface area (Å²) in [5.41, 5.74) is 7.74. The predicted molar refractivity (Wildman–Crippen MR) is 85.3 cm³/mol. The lowest BCUT2D eigenvalue weighted by atomic mass is 10.0. The molecule has 1 heterocycles. The van der Waals surface area contributed by atoms with Gasteiger partial charge in [-0.15, -0.1) is 0 Å². The number of nitrogen functional groups attached to an aromatic ring is 1. The first-order valence-electron chi connectivity index (χ1n) is 7.20. The van der Waals surface area contributed by atoms with E-state index in [9.17, 15) is 0 Å². The molecule has 2 aromatic rings. The number of rotatable bonds is 6. The Morgan fingerprint density at radius 2 is 1.90 bits per heavy atom. The first-order valence-corrected chi connectivity index (χ1v) is 7.20. The van der Waals surface area contributed by atoms with Gasteiger partial charge in [0, 0.05) is 0 Å². The summed E-state index contributed by atoms with van der Waals surface area (Å²) >= 11 is 0. The van der Waals surface area contributed by atoms with Crippen LogP contribution in [0.1, 0.15) is 38.8 Å². The highest BCUT2D eigenvalue weighted by molar-refractivity contribution is 5.67. The second-order valence-corrected chi connectivity index (χ2v) is 5.12. The van der Waals surface area contributed by atoms with Crippen molar-refractivity contribution in [2.24, 2.45) is 0 Å². The first kappa shape index (κ1) is 15.1. The Morgan fingerprint density at radius 1 is 1.19 bits per heavy atom. The van der Waals surface area contributed by atoms with Gasteiger partial charge in [0.05, 0.1) is 12.1 Å². The van der Waals surface area contributed by atoms with E-state index < -0.39 is 0 Å². The summed E-state index contributed by atoms with van der Waals surface area (Å²) in [5.74, 6) is 1.03. The zero-order valence-corrected chi connectivity index (χ0v) is 12.7. The molecule has 5 heteroatoms. The van der Waals surface area contributed by atoms with Gasteiger partial charge in [0.2, 0.25) is 5.88 Å². The maximum absolute atomic E-state index is 6.10. The Morgan fingerprint density at radius 3 is 2.52 bits per heavy atom. The van der Waals surface area contributed by atoms with Crippen LogP contribution in [0.4, 0.5) is 11.5 Å². The molecular formula is C16H22N4O. The Bertz CT molecular complexity index is 572. The van der Waals surface area contributed by atoms with Crippen LogP contribution in [0.3, 0.4) is 0 Å². The van der Waals surface area contributed by atoms with E-state index in [4.69, 9.17) is 10.5 Å². The molecule has 0 amide bonds. The predicted octanol–water partition coefficient (Wildman–Crippen LogP) is 3.41. The van der Waals surface area contributed by atoms with Crippen LogP contribution in [0, 0.1) is 0 Å². The monoisotopic (exact) mass is 286 g/mol. The van der Waals surface area contributed by atoms with Crippen molar-refractivity contribution < 1.29 is 4.74 Å². The van der Waals surface area contributed by atoms with Crippen molar-refractivity contribution in [3.05, 3.63) is 42.2 Å². The molecule has 112 valence electrons. The highest BCUT2D eigenvalue weighted by Gasteiger charge is 2.15. The molecule has 0 aliphatic carbocycles. The summed E-state index contributed by atoms with van der Waals surface area (Å²) in [6, 6.07) is 10.4. The van der Waals surface area contributed by atoms with Gasteiger partial charge in [0.15, 0.2) is 5.82 Å². The molecule has 0 aliphatic rings. The van der Waals surface area contributed by atoms with Crippen LogP contribution in [0.15, 0.2) is 36.7 Å². The van der Waals surface area contributed by atoms with Crippen LogP contribution < -0.4 is 15.8 Å². The number of aromatic nitrogens is 2. The van der Waals surface area contributed by atoms with E-state index in [1.165, 1.54) is 11.9 Å². The number of hydrogen-bond acceptors (Lipinski definition) is 5. The summed E-state index contributed by atoms with van der Waals surface area (Å²) < 4.78 is 5.59. The molecule has 0 bridgehead atoms. The van der Waals surface area contributed by atoms with E-state index in [0.29, 0.717) is 17.4 Å². The highest BCUT2D eigenvalue weighted by atomic mass is 16.5. The minimum absolute atomic E-state index is 0.0196. The van der Waals surface area contributed by atoms with E-state index in [1.54, 1.807) is 0 Å². The molecule has 0 fully saturated rings.